The van der Waals surface area contributed by atoms with Gasteiger partial charge in [0.1, 0.15) is 0 Å². The topological polar surface area (TPSA) is 0 Å². The van der Waals surface area contributed by atoms with Gasteiger partial charge in [-0.05, 0) is 0 Å². The van der Waals surface area contributed by atoms with E-state index >= 15 is 0 Å². The van der Waals surface area contributed by atoms with Gasteiger partial charge in [-0.25, -0.2) is 0 Å². The van der Waals surface area contributed by atoms with E-state index in [2.05, 4.69) is 0 Å². The summed E-state index contributed by atoms with van der Waals surface area (Å²) in [6.07, 6.45) is 0. The van der Waals surface area contributed by atoms with Crippen LogP contribution in [0.25, 0.3) is 0 Å². The Balaban J connectivity index is 0. The minimum absolute atomic E-state index is 0. The minimum atomic E-state index is 0. The largest absolute Gasteiger partial charge is 2.00 e. The van der Waals surface area contributed by atoms with Gasteiger partial charge >= 0.3 is 48.9 Å². The molecule has 0 unspecified atom stereocenters. The fourth-order valence-electron chi connectivity index (χ4n) is 0. The molecule has 0 fully saturated rings. The van der Waals surface area contributed by atoms with Crippen molar-refractivity contribution < 1.29 is 92.1 Å². The van der Waals surface area contributed by atoms with Gasteiger partial charge in [-0.3, -0.25) is 0 Å². The van der Waals surface area contributed by atoms with E-state index in [9.17, 15) is 0 Å². The molecule has 0 aliphatic carbocycles. The molecule has 3 radical (unpaired) electrons. The summed E-state index contributed by atoms with van der Waals surface area (Å²) in [4.78, 5) is 0. The Kier molecular flexibility index (Phi) is 162. The molecule has 0 heterocycles. The monoisotopic (exact) mass is 461 g/mol. The fourth-order valence-corrected chi connectivity index (χ4v) is 0. The summed E-state index contributed by atoms with van der Waals surface area (Å²) in [5.74, 6) is 0. The molecule has 0 spiro atoms. The molecule has 0 rings (SSSR count). The first-order chi connectivity index (χ1) is 0. The number of rotatable bonds is 0. The summed E-state index contributed by atoms with van der Waals surface area (Å²) in [6, 6.07) is 0. The van der Waals surface area contributed by atoms with E-state index in [0.29, 0.717) is 0 Å². The molecule has 0 aromatic rings. The van der Waals surface area contributed by atoms with Crippen molar-refractivity contribution in [2.24, 2.45) is 0 Å². The van der Waals surface area contributed by atoms with Crippen molar-refractivity contribution in [1.29, 1.82) is 0 Å². The van der Waals surface area contributed by atoms with Crippen LogP contribution in [0.15, 0.2) is 0 Å². The Bertz CT molecular complexity index is 17.7. The van der Waals surface area contributed by atoms with Gasteiger partial charge in [0.25, 0.3) is 0 Å². The summed E-state index contributed by atoms with van der Waals surface area (Å²) < 4.78 is 0. The fraction of sp³-hybridized carbons (Fsp3) is 0. The molecule has 0 bridgehead atoms. The summed E-state index contributed by atoms with van der Waals surface area (Å²) in [5.41, 5.74) is 0. The van der Waals surface area contributed by atoms with Crippen LogP contribution in [0.3, 0.4) is 0 Å². The van der Waals surface area contributed by atoms with Crippen molar-refractivity contribution in [2.45, 2.75) is 0 Å². The van der Waals surface area contributed by atoms with E-state index in [-0.39, 0.29) is 141 Å². The van der Waals surface area contributed by atoms with Crippen LogP contribution in [0.5, 0.6) is 0 Å². The van der Waals surface area contributed by atoms with Crippen molar-refractivity contribution in [3.8, 4) is 0 Å². The van der Waals surface area contributed by atoms with E-state index < -0.39 is 0 Å². The summed E-state index contributed by atoms with van der Waals surface area (Å²) >= 11 is 0. The molecule has 0 aliphatic rings. The quantitative estimate of drug-likeness (QED) is 0.440. The zero-order chi connectivity index (χ0) is 0. The van der Waals surface area contributed by atoms with Crippen LogP contribution in [0.2, 0.25) is 0 Å². The molecular formula is H2BaCuLaMnZn. The molecular weight excluding hydrogens is 460 g/mol. The average Bonchev–Trinajstić information content (AvgIpc) is 0. The van der Waals surface area contributed by atoms with Gasteiger partial charge < -0.3 is 2.85 Å². The molecule has 0 aromatic heterocycles. The molecule has 0 atom stereocenters. The standard InChI is InChI=1S/Ba.Cu.La.Mn.Zn.2H/q+2;;;;;2*-1. The third-order valence-electron chi connectivity index (χ3n) is 0. The molecule has 5 heavy (non-hydrogen) atoms. The van der Waals surface area contributed by atoms with Gasteiger partial charge in [-0.15, -0.1) is 0 Å². The normalized spacial score (nSPS) is 0. The van der Waals surface area contributed by atoms with Crippen LogP contribution >= 0.6 is 0 Å². The van der Waals surface area contributed by atoms with Crippen molar-refractivity contribution in [1.82, 2.24) is 0 Å². The van der Waals surface area contributed by atoms with Crippen molar-refractivity contribution in [3.05, 3.63) is 0 Å². The van der Waals surface area contributed by atoms with Crippen LogP contribution < -0.4 is 0 Å². The van der Waals surface area contributed by atoms with E-state index in [1.807, 2.05) is 0 Å². The first-order valence-corrected chi connectivity index (χ1v) is 0. The van der Waals surface area contributed by atoms with Crippen LogP contribution in [-0.4, -0.2) is 48.9 Å². The van der Waals surface area contributed by atoms with E-state index in [1.54, 1.807) is 0 Å². The maximum atomic E-state index is 0. The van der Waals surface area contributed by atoms with Gasteiger partial charge in [0.15, 0.2) is 0 Å². The second kappa shape index (κ2) is 23.7. The molecule has 0 nitrogen and oxygen atoms in total. The Hall–Kier alpha value is 4.43. The van der Waals surface area contributed by atoms with Gasteiger partial charge in [-0.1, -0.05) is 0 Å². The maximum Gasteiger partial charge on any atom is 2.00 e. The van der Waals surface area contributed by atoms with Crippen LogP contribution in [-0.2, 0) is 53.6 Å². The Morgan fingerprint density at radius 2 is 1.20 bits per heavy atom. The second-order valence-corrected chi connectivity index (χ2v) is 0. The zero-order valence-corrected chi connectivity index (χ0v) is 15.8. The molecule has 0 amide bonds. The van der Waals surface area contributed by atoms with Gasteiger partial charge in [-0.2, -0.15) is 0 Å². The summed E-state index contributed by atoms with van der Waals surface area (Å²) in [7, 11) is 0. The van der Waals surface area contributed by atoms with Gasteiger partial charge in [0, 0.05) is 89.2 Å². The average molecular weight is 462 g/mol. The van der Waals surface area contributed by atoms with E-state index in [4.69, 9.17) is 0 Å². The smallest absolute Gasteiger partial charge is 1.00 e. The summed E-state index contributed by atoms with van der Waals surface area (Å²) in [5, 5.41) is 0. The van der Waals surface area contributed by atoms with Crippen LogP contribution in [0.1, 0.15) is 2.85 Å². The third kappa shape index (κ3) is 17.8. The van der Waals surface area contributed by atoms with E-state index in [0.717, 1.165) is 0 Å². The van der Waals surface area contributed by atoms with Gasteiger partial charge in [0.2, 0.25) is 0 Å². The number of hydrogen-bond donors (Lipinski definition) is 0. The third-order valence-corrected chi connectivity index (χ3v) is 0. The predicted molar refractivity (Wildman–Crippen MR) is 7.98 cm³/mol. The van der Waals surface area contributed by atoms with Crippen molar-refractivity contribution in [2.75, 3.05) is 0 Å². The molecule has 0 saturated carbocycles. The van der Waals surface area contributed by atoms with Gasteiger partial charge in [0.05, 0.1) is 0 Å². The van der Waals surface area contributed by atoms with E-state index in [1.165, 1.54) is 0 Å². The molecule has 27 valence electrons. The first kappa shape index (κ1) is 34.2. The SMILES string of the molecule is [Ba+2].[Cu].[H-].[H-].[La].[Mn].[Zn]. The number of hydrogen-bond acceptors (Lipinski definition) is 0. The molecule has 0 aliphatic heterocycles. The Morgan fingerprint density at radius 1 is 1.20 bits per heavy atom. The first-order valence-electron chi connectivity index (χ1n) is 0. The molecule has 0 aromatic carbocycles. The molecule has 5 heteroatoms. The van der Waals surface area contributed by atoms with Crippen molar-refractivity contribution in [3.63, 3.8) is 0 Å². The minimum Gasteiger partial charge on any atom is -1.00 e. The zero-order valence-electron chi connectivity index (χ0n) is 4.67. The van der Waals surface area contributed by atoms with Crippen LogP contribution in [0, 0.1) is 35.6 Å². The summed E-state index contributed by atoms with van der Waals surface area (Å²) in [6.45, 7) is 0. The molecule has 0 N–H and O–H groups in total. The second-order valence-electron chi connectivity index (χ2n) is 0. The van der Waals surface area contributed by atoms with Crippen LogP contribution in [0.4, 0.5) is 0 Å². The molecule has 0 saturated heterocycles. The Labute approximate surface area is 137 Å². The Morgan fingerprint density at radius 3 is 1.20 bits per heavy atom. The predicted octanol–water partition coefficient (Wildman–Crippen LogP) is -0.163. The maximum absolute atomic E-state index is 0. The van der Waals surface area contributed by atoms with Crippen molar-refractivity contribution >= 4 is 48.9 Å².